The number of hydrogen-bond donors (Lipinski definition) is 9. The number of primary amides is 1. The number of carbonyl (C=O) groups is 5. The lowest BCUT2D eigenvalue weighted by atomic mass is 10.1. The topological polar surface area (TPSA) is 258 Å². The van der Waals surface area contributed by atoms with E-state index >= 15 is 0 Å². The monoisotopic (exact) mass is 536 g/mol. The number of amides is 4. The minimum absolute atomic E-state index is 0.0134. The number of thiol groups is 1. The SMILES string of the molecule is CSCCC(NC(=O)C(N)CCC(N)=O)C(=O)NC(CS)C(=O)NC(CCCN=C(N)N)C(=O)O. The second-order valence-electron chi connectivity index (χ2n) is 7.55. The van der Waals surface area contributed by atoms with Gasteiger partial charge < -0.3 is 44.0 Å². The van der Waals surface area contributed by atoms with Gasteiger partial charge in [-0.2, -0.15) is 24.4 Å². The molecule has 0 saturated heterocycles. The molecule has 0 heterocycles. The number of nitrogens with zero attached hydrogens (tertiary/aromatic N) is 1. The van der Waals surface area contributed by atoms with E-state index < -0.39 is 53.8 Å². The lowest BCUT2D eigenvalue weighted by Gasteiger charge is -2.24. The Labute approximate surface area is 213 Å². The van der Waals surface area contributed by atoms with Crippen LogP contribution < -0.4 is 38.9 Å². The summed E-state index contributed by atoms with van der Waals surface area (Å²) in [5, 5.41) is 16.7. The molecule has 16 heteroatoms. The minimum Gasteiger partial charge on any atom is -0.480 e. The predicted molar refractivity (Wildman–Crippen MR) is 137 cm³/mol. The quantitative estimate of drug-likeness (QED) is 0.0368. The molecular weight excluding hydrogens is 500 g/mol. The molecule has 35 heavy (non-hydrogen) atoms. The Morgan fingerprint density at radius 1 is 0.914 bits per heavy atom. The number of nitrogens with one attached hydrogen (secondary N) is 3. The zero-order valence-electron chi connectivity index (χ0n) is 19.6. The smallest absolute Gasteiger partial charge is 0.326 e. The zero-order valence-corrected chi connectivity index (χ0v) is 21.3. The van der Waals surface area contributed by atoms with Gasteiger partial charge in [-0.3, -0.25) is 24.2 Å². The number of carboxylic acids is 1. The number of rotatable bonds is 18. The van der Waals surface area contributed by atoms with Crippen molar-refractivity contribution < 1.29 is 29.1 Å². The number of carboxylic acid groups (broad SMARTS) is 1. The molecule has 4 amide bonds. The van der Waals surface area contributed by atoms with Gasteiger partial charge in [0.2, 0.25) is 23.6 Å². The van der Waals surface area contributed by atoms with Crippen molar-refractivity contribution in [2.45, 2.75) is 56.3 Å². The number of aliphatic imine (C=N–C) groups is 1. The molecule has 0 radical (unpaired) electrons. The fourth-order valence-electron chi connectivity index (χ4n) is 2.71. The molecule has 0 aliphatic rings. The molecule has 0 bridgehead atoms. The van der Waals surface area contributed by atoms with Gasteiger partial charge in [-0.25, -0.2) is 4.79 Å². The van der Waals surface area contributed by atoms with Gasteiger partial charge in [0.05, 0.1) is 6.04 Å². The third kappa shape index (κ3) is 14.3. The molecule has 0 rings (SSSR count). The summed E-state index contributed by atoms with van der Waals surface area (Å²) in [7, 11) is 0. The number of thioether (sulfide) groups is 1. The number of hydrogen-bond acceptors (Lipinski definition) is 9. The highest BCUT2D eigenvalue weighted by Gasteiger charge is 2.29. The first-order valence-electron chi connectivity index (χ1n) is 10.8. The van der Waals surface area contributed by atoms with E-state index in [1.54, 1.807) is 0 Å². The van der Waals surface area contributed by atoms with E-state index in [1.165, 1.54) is 11.8 Å². The van der Waals surface area contributed by atoms with Gasteiger partial charge in [-0.15, -0.1) is 0 Å². The van der Waals surface area contributed by atoms with E-state index in [-0.39, 0.29) is 43.9 Å². The second kappa shape index (κ2) is 17.7. The number of carbonyl (C=O) groups excluding carboxylic acids is 4. The largest absolute Gasteiger partial charge is 0.480 e. The number of aliphatic carboxylic acids is 1. The van der Waals surface area contributed by atoms with Gasteiger partial charge in [0.1, 0.15) is 18.1 Å². The predicted octanol–water partition coefficient (Wildman–Crippen LogP) is -3.15. The van der Waals surface area contributed by atoms with Gasteiger partial charge in [-0.1, -0.05) is 0 Å². The van der Waals surface area contributed by atoms with Crippen molar-refractivity contribution in [1.29, 1.82) is 0 Å². The highest BCUT2D eigenvalue weighted by atomic mass is 32.2. The molecule has 0 spiro atoms. The molecule has 0 aliphatic carbocycles. The molecule has 0 aromatic carbocycles. The van der Waals surface area contributed by atoms with Crippen LogP contribution in [0.2, 0.25) is 0 Å². The van der Waals surface area contributed by atoms with Gasteiger partial charge in [-0.05, 0) is 37.7 Å². The van der Waals surface area contributed by atoms with Crippen LogP contribution in [0.5, 0.6) is 0 Å². The van der Waals surface area contributed by atoms with Crippen LogP contribution in [0.3, 0.4) is 0 Å². The maximum atomic E-state index is 12.8. The van der Waals surface area contributed by atoms with Crippen LogP contribution in [0, 0.1) is 0 Å². The Morgan fingerprint density at radius 3 is 2.00 bits per heavy atom. The lowest BCUT2D eigenvalue weighted by Crippen LogP contribution is -2.57. The van der Waals surface area contributed by atoms with Crippen molar-refractivity contribution in [1.82, 2.24) is 16.0 Å². The van der Waals surface area contributed by atoms with Crippen molar-refractivity contribution in [2.75, 3.05) is 24.3 Å². The highest BCUT2D eigenvalue weighted by molar-refractivity contribution is 7.98. The molecule has 4 atom stereocenters. The number of guanidine groups is 1. The standard InChI is InChI=1S/C19H36N8O6S2/c1-35-8-6-11(25-15(29)10(20)4-5-14(21)28)16(30)27-13(9-34)17(31)26-12(18(32)33)3-2-7-24-19(22)23/h10-13,34H,2-9,20H2,1H3,(H2,21,28)(H,25,29)(H,26,31)(H,27,30)(H,32,33)(H4,22,23,24). The zero-order chi connectivity index (χ0) is 27.0. The lowest BCUT2D eigenvalue weighted by molar-refractivity contribution is -0.142. The third-order valence-electron chi connectivity index (χ3n) is 4.66. The first-order valence-corrected chi connectivity index (χ1v) is 12.8. The second-order valence-corrected chi connectivity index (χ2v) is 8.90. The first-order chi connectivity index (χ1) is 16.4. The summed E-state index contributed by atoms with van der Waals surface area (Å²) in [4.78, 5) is 64.0. The summed E-state index contributed by atoms with van der Waals surface area (Å²) < 4.78 is 0. The minimum atomic E-state index is -1.26. The van der Waals surface area contributed by atoms with Crippen LogP contribution in [0.15, 0.2) is 4.99 Å². The Morgan fingerprint density at radius 2 is 1.49 bits per heavy atom. The Bertz CT molecular complexity index is 766. The van der Waals surface area contributed by atoms with Crippen LogP contribution in [0.25, 0.3) is 0 Å². The first kappa shape index (κ1) is 32.3. The Hall–Kier alpha value is -2.72. The van der Waals surface area contributed by atoms with Gasteiger partial charge in [0, 0.05) is 18.7 Å². The molecule has 4 unspecified atom stereocenters. The molecule has 0 aliphatic heterocycles. The summed E-state index contributed by atoms with van der Waals surface area (Å²) in [5.41, 5.74) is 21.3. The summed E-state index contributed by atoms with van der Waals surface area (Å²) >= 11 is 5.52. The van der Waals surface area contributed by atoms with Gasteiger partial charge in [0.25, 0.3) is 0 Å². The molecule has 0 aromatic rings. The maximum absolute atomic E-state index is 12.8. The van der Waals surface area contributed by atoms with Crippen molar-refractivity contribution in [3.05, 3.63) is 0 Å². The molecule has 12 N–H and O–H groups in total. The summed E-state index contributed by atoms with van der Waals surface area (Å²) in [5.74, 6) is -3.67. The molecule has 200 valence electrons. The fraction of sp³-hybridized carbons (Fsp3) is 0.684. The Kier molecular flexibility index (Phi) is 16.3. The van der Waals surface area contributed by atoms with E-state index in [0.29, 0.717) is 12.2 Å². The summed E-state index contributed by atoms with van der Waals surface area (Å²) in [6.45, 7) is 0.188. The maximum Gasteiger partial charge on any atom is 0.326 e. The van der Waals surface area contributed by atoms with Crippen LogP contribution in [0.4, 0.5) is 0 Å². The summed E-state index contributed by atoms with van der Waals surface area (Å²) in [6.07, 6.45) is 2.34. The van der Waals surface area contributed by atoms with Gasteiger partial charge >= 0.3 is 5.97 Å². The van der Waals surface area contributed by atoms with E-state index in [4.69, 9.17) is 22.9 Å². The average Bonchev–Trinajstić information content (AvgIpc) is 2.79. The van der Waals surface area contributed by atoms with Crippen LogP contribution >= 0.6 is 24.4 Å². The highest BCUT2D eigenvalue weighted by Crippen LogP contribution is 2.05. The van der Waals surface area contributed by atoms with Gasteiger partial charge in [0.15, 0.2) is 5.96 Å². The average molecular weight is 537 g/mol. The number of nitrogens with two attached hydrogens (primary N) is 4. The Balaban J connectivity index is 5.15. The molecule has 0 fully saturated rings. The van der Waals surface area contributed by atoms with Crippen molar-refractivity contribution in [3.63, 3.8) is 0 Å². The van der Waals surface area contributed by atoms with Crippen LogP contribution in [-0.4, -0.2) is 89.1 Å². The molecule has 14 nitrogen and oxygen atoms in total. The van der Waals surface area contributed by atoms with Crippen molar-refractivity contribution >= 4 is 59.9 Å². The molecular formula is C19H36N8O6S2. The van der Waals surface area contributed by atoms with Crippen LogP contribution in [-0.2, 0) is 24.0 Å². The normalized spacial score (nSPS) is 14.0. The molecule has 0 saturated carbocycles. The fourth-order valence-corrected chi connectivity index (χ4v) is 3.44. The van der Waals surface area contributed by atoms with Crippen molar-refractivity contribution in [3.8, 4) is 0 Å². The van der Waals surface area contributed by atoms with E-state index in [1.807, 2.05) is 6.26 Å². The third-order valence-corrected chi connectivity index (χ3v) is 5.67. The summed E-state index contributed by atoms with van der Waals surface area (Å²) in [6, 6.07) is -4.46. The van der Waals surface area contributed by atoms with E-state index in [9.17, 15) is 29.1 Å². The van der Waals surface area contributed by atoms with E-state index in [0.717, 1.165) is 0 Å². The van der Waals surface area contributed by atoms with E-state index in [2.05, 4.69) is 33.6 Å². The molecule has 0 aromatic heterocycles. The van der Waals surface area contributed by atoms with Crippen molar-refractivity contribution in [2.24, 2.45) is 27.9 Å². The van der Waals surface area contributed by atoms with Crippen LogP contribution in [0.1, 0.15) is 32.1 Å².